The fourth-order valence-electron chi connectivity index (χ4n) is 3.40. The van der Waals surface area contributed by atoms with Crippen molar-refractivity contribution in [3.05, 3.63) is 77.6 Å². The van der Waals surface area contributed by atoms with Crippen molar-refractivity contribution in [2.75, 3.05) is 0 Å². The Morgan fingerprint density at radius 1 is 0.964 bits per heavy atom. The average Bonchev–Trinajstić information content (AvgIpc) is 3.07. The lowest BCUT2D eigenvalue weighted by Gasteiger charge is -2.19. The quantitative estimate of drug-likeness (QED) is 0.469. The molecule has 0 fully saturated rings. The molecule has 0 radical (unpaired) electrons. The van der Waals surface area contributed by atoms with Crippen LogP contribution in [0.4, 0.5) is 0 Å². The van der Waals surface area contributed by atoms with Crippen LogP contribution in [-0.2, 0) is 13.1 Å². The number of benzene rings is 2. The molecule has 3 aromatic rings. The van der Waals surface area contributed by atoms with Crippen LogP contribution >= 0.6 is 0 Å². The molecule has 4 nitrogen and oxygen atoms in total. The van der Waals surface area contributed by atoms with Crippen molar-refractivity contribution in [3.8, 4) is 11.5 Å². The minimum atomic E-state index is 0.324. The van der Waals surface area contributed by atoms with Gasteiger partial charge in [0.2, 0.25) is 0 Å². The van der Waals surface area contributed by atoms with Gasteiger partial charge in [-0.25, -0.2) is 0 Å². The molecule has 2 aromatic carbocycles. The molecule has 0 saturated heterocycles. The second-order valence-electron chi connectivity index (χ2n) is 7.18. The minimum absolute atomic E-state index is 0.324. The third kappa shape index (κ3) is 5.23. The van der Waals surface area contributed by atoms with Crippen LogP contribution in [0.3, 0.4) is 0 Å². The van der Waals surface area contributed by atoms with Crippen molar-refractivity contribution < 1.29 is 4.74 Å². The van der Waals surface area contributed by atoms with E-state index < -0.39 is 0 Å². The van der Waals surface area contributed by atoms with Crippen molar-refractivity contribution in [2.45, 2.75) is 59.2 Å². The van der Waals surface area contributed by atoms with Gasteiger partial charge in [-0.3, -0.25) is 4.68 Å². The minimum Gasteiger partial charge on any atom is -0.457 e. The van der Waals surface area contributed by atoms with Gasteiger partial charge in [0.1, 0.15) is 11.5 Å². The number of nitrogens with one attached hydrogen (secondary N) is 1. The smallest absolute Gasteiger partial charge is 0.127 e. The number of aryl methyl sites for hydroxylation is 1. The Balaban J connectivity index is 1.64. The summed E-state index contributed by atoms with van der Waals surface area (Å²) in [5.41, 5.74) is 3.83. The monoisotopic (exact) mass is 377 g/mol. The number of hydrogen-bond acceptors (Lipinski definition) is 3. The summed E-state index contributed by atoms with van der Waals surface area (Å²) < 4.78 is 8.01. The first-order valence-corrected chi connectivity index (χ1v) is 10.3. The molecule has 0 bridgehead atoms. The first-order chi connectivity index (χ1) is 13.7. The number of para-hydroxylation sites is 1. The molecule has 1 N–H and O–H groups in total. The van der Waals surface area contributed by atoms with Crippen LogP contribution in [-0.4, -0.2) is 9.78 Å². The maximum Gasteiger partial charge on any atom is 0.127 e. The summed E-state index contributed by atoms with van der Waals surface area (Å²) in [7, 11) is 0. The van der Waals surface area contributed by atoms with Crippen LogP contribution < -0.4 is 10.1 Å². The van der Waals surface area contributed by atoms with Crippen LogP contribution in [0.2, 0.25) is 0 Å². The Morgan fingerprint density at radius 3 is 2.36 bits per heavy atom. The lowest BCUT2D eigenvalue weighted by atomic mass is 10.0. The predicted molar refractivity (Wildman–Crippen MR) is 115 cm³/mol. The molecule has 28 heavy (non-hydrogen) atoms. The largest absolute Gasteiger partial charge is 0.457 e. The molecular formula is C24H31N3O. The molecule has 0 saturated carbocycles. The molecule has 1 heterocycles. The highest BCUT2D eigenvalue weighted by molar-refractivity contribution is 5.34. The number of hydrogen-bond donors (Lipinski definition) is 1. The van der Waals surface area contributed by atoms with E-state index in [2.05, 4.69) is 60.1 Å². The van der Waals surface area contributed by atoms with E-state index in [0.717, 1.165) is 43.9 Å². The predicted octanol–water partition coefficient (Wildman–Crippen LogP) is 6.02. The highest BCUT2D eigenvalue weighted by atomic mass is 16.5. The maximum atomic E-state index is 5.91. The molecule has 1 atom stereocenters. The Morgan fingerprint density at radius 2 is 1.68 bits per heavy atom. The standard InChI is InChI=1S/C24H31N3O/c1-4-9-24(25-17-21-18-26-27(16-5-2)19(21)3)20-12-14-23(15-13-20)28-22-10-7-6-8-11-22/h6-8,10-15,18,24-25H,4-5,9,16-17H2,1-3H3. The van der Waals surface area contributed by atoms with Crippen molar-refractivity contribution in [2.24, 2.45) is 0 Å². The van der Waals surface area contributed by atoms with Crippen molar-refractivity contribution in [1.29, 1.82) is 0 Å². The Labute approximate surface area is 168 Å². The van der Waals surface area contributed by atoms with Gasteiger partial charge in [-0.05, 0) is 49.6 Å². The topological polar surface area (TPSA) is 39.1 Å². The molecule has 0 aliphatic carbocycles. The molecule has 1 aromatic heterocycles. The first-order valence-electron chi connectivity index (χ1n) is 10.3. The number of ether oxygens (including phenoxy) is 1. The lowest BCUT2D eigenvalue weighted by Crippen LogP contribution is -2.21. The van der Waals surface area contributed by atoms with E-state index >= 15 is 0 Å². The van der Waals surface area contributed by atoms with Gasteiger partial charge in [-0.1, -0.05) is 50.6 Å². The van der Waals surface area contributed by atoms with E-state index in [-0.39, 0.29) is 0 Å². The molecule has 0 aliphatic rings. The van der Waals surface area contributed by atoms with Gasteiger partial charge in [0.25, 0.3) is 0 Å². The molecular weight excluding hydrogens is 346 g/mol. The van der Waals surface area contributed by atoms with Gasteiger partial charge >= 0.3 is 0 Å². The molecule has 0 spiro atoms. The molecule has 3 rings (SSSR count). The fraction of sp³-hybridized carbons (Fsp3) is 0.375. The maximum absolute atomic E-state index is 5.91. The summed E-state index contributed by atoms with van der Waals surface area (Å²) in [6, 6.07) is 18.7. The van der Waals surface area contributed by atoms with Gasteiger partial charge in [0.15, 0.2) is 0 Å². The van der Waals surface area contributed by atoms with E-state index in [1.807, 2.05) is 36.5 Å². The summed E-state index contributed by atoms with van der Waals surface area (Å²) in [6.07, 6.45) is 5.33. The molecule has 148 valence electrons. The van der Waals surface area contributed by atoms with E-state index in [1.165, 1.54) is 16.8 Å². The second kappa shape index (κ2) is 10.1. The van der Waals surface area contributed by atoms with Crippen LogP contribution in [0.25, 0.3) is 0 Å². The lowest BCUT2D eigenvalue weighted by molar-refractivity contribution is 0.477. The summed E-state index contributed by atoms with van der Waals surface area (Å²) in [6.45, 7) is 8.38. The summed E-state index contributed by atoms with van der Waals surface area (Å²) in [5.74, 6) is 1.72. The second-order valence-corrected chi connectivity index (χ2v) is 7.18. The summed E-state index contributed by atoms with van der Waals surface area (Å²) >= 11 is 0. The third-order valence-corrected chi connectivity index (χ3v) is 5.02. The molecule has 0 aliphatic heterocycles. The average molecular weight is 378 g/mol. The molecule has 0 amide bonds. The Kier molecular flexibility index (Phi) is 7.26. The van der Waals surface area contributed by atoms with E-state index in [1.54, 1.807) is 0 Å². The fourth-order valence-corrected chi connectivity index (χ4v) is 3.40. The van der Waals surface area contributed by atoms with Gasteiger partial charge < -0.3 is 10.1 Å². The van der Waals surface area contributed by atoms with Crippen LogP contribution in [0, 0.1) is 6.92 Å². The molecule has 4 heteroatoms. The van der Waals surface area contributed by atoms with Crippen molar-refractivity contribution in [3.63, 3.8) is 0 Å². The van der Waals surface area contributed by atoms with E-state index in [0.29, 0.717) is 6.04 Å². The normalized spacial score (nSPS) is 12.1. The van der Waals surface area contributed by atoms with Crippen molar-refractivity contribution in [1.82, 2.24) is 15.1 Å². The van der Waals surface area contributed by atoms with Gasteiger partial charge in [0.05, 0.1) is 6.20 Å². The summed E-state index contributed by atoms with van der Waals surface area (Å²) in [5, 5.41) is 8.24. The highest BCUT2D eigenvalue weighted by Gasteiger charge is 2.13. The van der Waals surface area contributed by atoms with Gasteiger partial charge in [-0.2, -0.15) is 5.10 Å². The van der Waals surface area contributed by atoms with Gasteiger partial charge in [0, 0.05) is 30.4 Å². The number of rotatable bonds is 10. The van der Waals surface area contributed by atoms with E-state index in [9.17, 15) is 0 Å². The van der Waals surface area contributed by atoms with Gasteiger partial charge in [-0.15, -0.1) is 0 Å². The highest BCUT2D eigenvalue weighted by Crippen LogP contribution is 2.25. The van der Waals surface area contributed by atoms with Crippen LogP contribution in [0.5, 0.6) is 11.5 Å². The zero-order valence-corrected chi connectivity index (χ0v) is 17.2. The molecule has 1 unspecified atom stereocenters. The van der Waals surface area contributed by atoms with Crippen molar-refractivity contribution >= 4 is 0 Å². The van der Waals surface area contributed by atoms with Crippen LogP contribution in [0.15, 0.2) is 60.8 Å². The Hall–Kier alpha value is -2.59. The van der Waals surface area contributed by atoms with Crippen LogP contribution in [0.1, 0.15) is 56.0 Å². The number of aromatic nitrogens is 2. The zero-order chi connectivity index (χ0) is 19.8. The Bertz CT molecular complexity index is 840. The summed E-state index contributed by atoms with van der Waals surface area (Å²) in [4.78, 5) is 0. The SMILES string of the molecule is CCCC(NCc1cnn(CCC)c1C)c1ccc(Oc2ccccc2)cc1. The first kappa shape index (κ1) is 20.2. The zero-order valence-electron chi connectivity index (χ0n) is 17.2. The number of nitrogens with zero attached hydrogens (tertiary/aromatic N) is 2. The van der Waals surface area contributed by atoms with E-state index in [4.69, 9.17) is 4.74 Å². The third-order valence-electron chi connectivity index (χ3n) is 5.02.